The predicted octanol–water partition coefficient (Wildman–Crippen LogP) is 1.93. The molecule has 1 aromatic rings. The van der Waals surface area contributed by atoms with Crippen LogP contribution in [0.2, 0.25) is 0 Å². The van der Waals surface area contributed by atoms with E-state index in [0.29, 0.717) is 6.42 Å². The van der Waals surface area contributed by atoms with Crippen molar-refractivity contribution in [2.75, 3.05) is 0 Å². The Labute approximate surface area is 93.0 Å². The SMILES string of the molecule is CC(=O)O[C@H](Cc1ccccc1)C(=O)Cl. The summed E-state index contributed by atoms with van der Waals surface area (Å²) in [7, 11) is 0. The van der Waals surface area contributed by atoms with Gasteiger partial charge in [-0.15, -0.1) is 0 Å². The second-order valence-corrected chi connectivity index (χ2v) is 3.46. The van der Waals surface area contributed by atoms with Crippen molar-refractivity contribution < 1.29 is 14.3 Å². The molecule has 80 valence electrons. The Morgan fingerprint density at radius 2 is 1.93 bits per heavy atom. The Hall–Kier alpha value is -1.35. The first kappa shape index (κ1) is 11.7. The zero-order valence-corrected chi connectivity index (χ0v) is 9.03. The van der Waals surface area contributed by atoms with Gasteiger partial charge in [-0.25, -0.2) is 0 Å². The highest BCUT2D eigenvalue weighted by atomic mass is 35.5. The molecule has 0 N–H and O–H groups in total. The van der Waals surface area contributed by atoms with E-state index in [1.165, 1.54) is 6.92 Å². The van der Waals surface area contributed by atoms with Gasteiger partial charge in [-0.05, 0) is 17.2 Å². The van der Waals surface area contributed by atoms with E-state index < -0.39 is 17.3 Å². The Kier molecular flexibility index (Phi) is 4.31. The summed E-state index contributed by atoms with van der Waals surface area (Å²) in [5.74, 6) is -0.509. The number of ether oxygens (including phenoxy) is 1. The van der Waals surface area contributed by atoms with E-state index in [1.807, 2.05) is 30.3 Å². The smallest absolute Gasteiger partial charge is 0.303 e. The molecule has 0 heterocycles. The van der Waals surface area contributed by atoms with Crippen molar-refractivity contribution in [3.8, 4) is 0 Å². The minimum absolute atomic E-state index is 0.308. The second-order valence-electron chi connectivity index (χ2n) is 3.09. The lowest BCUT2D eigenvalue weighted by atomic mass is 10.1. The third kappa shape index (κ3) is 4.13. The van der Waals surface area contributed by atoms with Crippen LogP contribution in [0.25, 0.3) is 0 Å². The van der Waals surface area contributed by atoms with Gasteiger partial charge >= 0.3 is 5.97 Å². The zero-order chi connectivity index (χ0) is 11.3. The molecule has 1 rings (SSSR count). The van der Waals surface area contributed by atoms with E-state index in [0.717, 1.165) is 5.56 Å². The van der Waals surface area contributed by atoms with Crippen LogP contribution in [0.5, 0.6) is 0 Å². The van der Waals surface area contributed by atoms with Crippen molar-refractivity contribution >= 4 is 22.8 Å². The van der Waals surface area contributed by atoms with Gasteiger partial charge in [0.15, 0.2) is 6.10 Å². The molecule has 0 fully saturated rings. The van der Waals surface area contributed by atoms with Gasteiger partial charge in [0.1, 0.15) is 0 Å². The third-order valence-corrected chi connectivity index (χ3v) is 2.07. The van der Waals surface area contributed by atoms with Crippen LogP contribution in [0.3, 0.4) is 0 Å². The average molecular weight is 227 g/mol. The van der Waals surface area contributed by atoms with Crippen molar-refractivity contribution in [2.45, 2.75) is 19.4 Å². The van der Waals surface area contributed by atoms with Gasteiger partial charge < -0.3 is 4.74 Å². The molecule has 4 heteroatoms. The summed E-state index contributed by atoms with van der Waals surface area (Å²) in [5, 5.41) is -0.658. The van der Waals surface area contributed by atoms with Crippen molar-refractivity contribution in [1.29, 1.82) is 0 Å². The maximum atomic E-state index is 11.0. The highest BCUT2D eigenvalue weighted by Gasteiger charge is 2.19. The Morgan fingerprint density at radius 1 is 1.33 bits per heavy atom. The van der Waals surface area contributed by atoms with Gasteiger partial charge in [0.25, 0.3) is 5.24 Å². The van der Waals surface area contributed by atoms with Crippen LogP contribution in [-0.4, -0.2) is 17.3 Å². The number of benzene rings is 1. The number of carbonyl (C=O) groups is 2. The van der Waals surface area contributed by atoms with Crippen LogP contribution in [0.15, 0.2) is 30.3 Å². The maximum Gasteiger partial charge on any atom is 0.303 e. The van der Waals surface area contributed by atoms with Crippen LogP contribution in [0, 0.1) is 0 Å². The van der Waals surface area contributed by atoms with Crippen LogP contribution in [-0.2, 0) is 20.7 Å². The summed E-state index contributed by atoms with van der Waals surface area (Å²) < 4.78 is 4.80. The average Bonchev–Trinajstić information content (AvgIpc) is 2.17. The molecule has 3 nitrogen and oxygen atoms in total. The van der Waals surface area contributed by atoms with Crippen molar-refractivity contribution in [1.82, 2.24) is 0 Å². The number of hydrogen-bond donors (Lipinski definition) is 0. The molecular weight excluding hydrogens is 216 g/mol. The fourth-order valence-electron chi connectivity index (χ4n) is 1.20. The second kappa shape index (κ2) is 5.51. The standard InChI is InChI=1S/C11H11ClO3/c1-8(13)15-10(11(12)14)7-9-5-3-2-4-6-9/h2-6,10H,7H2,1H3/t10-/m1/s1. The minimum Gasteiger partial charge on any atom is -0.453 e. The van der Waals surface area contributed by atoms with Crippen molar-refractivity contribution in [3.05, 3.63) is 35.9 Å². The van der Waals surface area contributed by atoms with E-state index in [-0.39, 0.29) is 0 Å². The summed E-state index contributed by atoms with van der Waals surface area (Å²) in [4.78, 5) is 21.7. The maximum absolute atomic E-state index is 11.0. The minimum atomic E-state index is -0.897. The molecule has 1 aromatic carbocycles. The molecule has 0 amide bonds. The Bertz CT molecular complexity index is 348. The lowest BCUT2D eigenvalue weighted by molar-refractivity contribution is -0.150. The van der Waals surface area contributed by atoms with E-state index in [4.69, 9.17) is 16.3 Å². The van der Waals surface area contributed by atoms with Crippen LogP contribution >= 0.6 is 11.6 Å². The Balaban J connectivity index is 2.67. The lowest BCUT2D eigenvalue weighted by Crippen LogP contribution is -2.25. The molecule has 15 heavy (non-hydrogen) atoms. The number of esters is 1. The summed E-state index contributed by atoms with van der Waals surface area (Å²) in [6, 6.07) is 9.25. The van der Waals surface area contributed by atoms with E-state index in [2.05, 4.69) is 0 Å². The summed E-state index contributed by atoms with van der Waals surface area (Å²) in [6.07, 6.45) is -0.588. The molecule has 0 aromatic heterocycles. The van der Waals surface area contributed by atoms with Gasteiger partial charge in [-0.1, -0.05) is 30.3 Å². The van der Waals surface area contributed by atoms with E-state index >= 15 is 0 Å². The molecule has 1 atom stereocenters. The predicted molar refractivity (Wildman–Crippen MR) is 56.6 cm³/mol. The van der Waals surface area contributed by atoms with Gasteiger partial charge in [0.05, 0.1) is 0 Å². The van der Waals surface area contributed by atoms with Crippen LogP contribution in [0.4, 0.5) is 0 Å². The summed E-state index contributed by atoms with van der Waals surface area (Å²) >= 11 is 5.32. The first-order chi connectivity index (χ1) is 7.09. The fourth-order valence-corrected chi connectivity index (χ4v) is 1.32. The normalized spacial score (nSPS) is 11.9. The monoisotopic (exact) mass is 226 g/mol. The fraction of sp³-hybridized carbons (Fsp3) is 0.273. The molecule has 0 aliphatic carbocycles. The highest BCUT2D eigenvalue weighted by molar-refractivity contribution is 6.64. The van der Waals surface area contributed by atoms with Gasteiger partial charge in [0.2, 0.25) is 0 Å². The first-order valence-electron chi connectivity index (χ1n) is 4.50. The summed E-state index contributed by atoms with van der Waals surface area (Å²) in [5.41, 5.74) is 0.901. The molecule has 0 radical (unpaired) electrons. The molecule has 0 aliphatic rings. The Morgan fingerprint density at radius 3 is 2.40 bits per heavy atom. The highest BCUT2D eigenvalue weighted by Crippen LogP contribution is 2.08. The molecule has 0 aliphatic heterocycles. The number of hydrogen-bond acceptors (Lipinski definition) is 3. The molecule has 0 saturated carbocycles. The van der Waals surface area contributed by atoms with Gasteiger partial charge in [0, 0.05) is 13.3 Å². The van der Waals surface area contributed by atoms with Crippen molar-refractivity contribution in [3.63, 3.8) is 0 Å². The summed E-state index contributed by atoms with van der Waals surface area (Å²) in [6.45, 7) is 1.25. The van der Waals surface area contributed by atoms with Crippen LogP contribution < -0.4 is 0 Å². The molecule has 0 spiro atoms. The van der Waals surface area contributed by atoms with Gasteiger partial charge in [-0.2, -0.15) is 0 Å². The molecule has 0 saturated heterocycles. The molecular formula is C11H11ClO3. The van der Waals surface area contributed by atoms with Crippen molar-refractivity contribution in [2.24, 2.45) is 0 Å². The number of rotatable bonds is 4. The van der Waals surface area contributed by atoms with E-state index in [9.17, 15) is 9.59 Å². The largest absolute Gasteiger partial charge is 0.453 e. The third-order valence-electron chi connectivity index (χ3n) is 1.83. The lowest BCUT2D eigenvalue weighted by Gasteiger charge is -2.12. The van der Waals surface area contributed by atoms with Gasteiger partial charge in [-0.3, -0.25) is 9.59 Å². The quantitative estimate of drug-likeness (QED) is 0.582. The molecule has 0 unspecified atom stereocenters. The number of carbonyl (C=O) groups excluding carboxylic acids is 2. The zero-order valence-electron chi connectivity index (χ0n) is 8.27. The molecule has 0 bridgehead atoms. The topological polar surface area (TPSA) is 43.4 Å². The number of halogens is 1. The van der Waals surface area contributed by atoms with E-state index in [1.54, 1.807) is 0 Å². The van der Waals surface area contributed by atoms with Crippen LogP contribution in [0.1, 0.15) is 12.5 Å². The first-order valence-corrected chi connectivity index (χ1v) is 4.88.